The van der Waals surface area contributed by atoms with Crippen LogP contribution in [0, 0.1) is 17.8 Å². The topological polar surface area (TPSA) is 55.1 Å². The summed E-state index contributed by atoms with van der Waals surface area (Å²) in [7, 11) is 0. The average molecular weight is 326 g/mol. The lowest BCUT2D eigenvalue weighted by Crippen LogP contribution is -2.17. The number of furan rings is 1. The minimum absolute atomic E-state index is 0.192. The van der Waals surface area contributed by atoms with E-state index in [1.54, 1.807) is 18.5 Å². The molecular formula is C16H10N2O2S2. The molecule has 0 spiro atoms. The molecule has 4 rings (SSSR count). The van der Waals surface area contributed by atoms with Gasteiger partial charge in [0, 0.05) is 29.8 Å². The molecule has 0 aromatic carbocycles. The molecule has 2 aliphatic rings. The van der Waals surface area contributed by atoms with Gasteiger partial charge >= 0.3 is 0 Å². The summed E-state index contributed by atoms with van der Waals surface area (Å²) < 4.78 is 6.30. The van der Waals surface area contributed by atoms with Gasteiger partial charge in [-0.2, -0.15) is 0 Å². The molecule has 4 nitrogen and oxygen atoms in total. The Hall–Kier alpha value is -2.10. The van der Waals surface area contributed by atoms with Crippen molar-refractivity contribution >= 4 is 51.3 Å². The first-order valence-corrected chi connectivity index (χ1v) is 8.05. The largest absolute Gasteiger partial charge is 0.455 e. The van der Waals surface area contributed by atoms with Crippen molar-refractivity contribution in [1.29, 1.82) is 0 Å². The van der Waals surface area contributed by atoms with E-state index in [0.717, 1.165) is 10.9 Å². The van der Waals surface area contributed by atoms with Gasteiger partial charge in [0.25, 0.3) is 5.91 Å². The quantitative estimate of drug-likeness (QED) is 0.496. The number of nitrogens with zero attached hydrogens (tertiary/aromatic N) is 1. The summed E-state index contributed by atoms with van der Waals surface area (Å²) in [5.41, 5.74) is 1.49. The highest BCUT2D eigenvalue weighted by atomic mass is 32.2. The lowest BCUT2D eigenvalue weighted by atomic mass is 10.2. The minimum Gasteiger partial charge on any atom is -0.455 e. The van der Waals surface area contributed by atoms with E-state index < -0.39 is 0 Å². The standard InChI is InChI=1S/C16H10N2O2S2/c19-15-13(22-16(21)18-15)6-12-5-11-8-17-7-10(14(11)20-12)4-3-9-1-2-9/h5-9H,1-2H2,(H,18,19,21). The second kappa shape index (κ2) is 5.27. The van der Waals surface area contributed by atoms with Crippen molar-refractivity contribution in [3.63, 3.8) is 0 Å². The molecule has 6 heteroatoms. The van der Waals surface area contributed by atoms with Gasteiger partial charge in [-0.05, 0) is 18.9 Å². The summed E-state index contributed by atoms with van der Waals surface area (Å²) >= 11 is 6.20. The molecule has 1 saturated heterocycles. The van der Waals surface area contributed by atoms with Gasteiger partial charge in [0.05, 0.1) is 10.5 Å². The molecular weight excluding hydrogens is 316 g/mol. The molecule has 2 aromatic rings. The lowest BCUT2D eigenvalue weighted by Gasteiger charge is -1.92. The number of carbonyl (C=O) groups excluding carboxylic acids is 1. The van der Waals surface area contributed by atoms with E-state index in [9.17, 15) is 4.79 Å². The van der Waals surface area contributed by atoms with E-state index in [2.05, 4.69) is 22.1 Å². The lowest BCUT2D eigenvalue weighted by molar-refractivity contribution is -0.115. The van der Waals surface area contributed by atoms with Gasteiger partial charge in [0.2, 0.25) is 0 Å². The highest BCUT2D eigenvalue weighted by Gasteiger charge is 2.23. The number of rotatable bonds is 1. The summed E-state index contributed by atoms with van der Waals surface area (Å²) in [5.74, 6) is 7.27. The molecule has 1 amide bonds. The van der Waals surface area contributed by atoms with Gasteiger partial charge in [-0.1, -0.05) is 35.8 Å². The third kappa shape index (κ3) is 2.65. The number of carbonyl (C=O) groups is 1. The van der Waals surface area contributed by atoms with E-state index in [4.69, 9.17) is 16.6 Å². The fraction of sp³-hybridized carbons (Fsp3) is 0.188. The van der Waals surface area contributed by atoms with E-state index in [1.165, 1.54) is 24.6 Å². The third-order valence-electron chi connectivity index (χ3n) is 3.35. The van der Waals surface area contributed by atoms with Crippen LogP contribution in [0.1, 0.15) is 24.2 Å². The van der Waals surface area contributed by atoms with Crippen molar-refractivity contribution in [3.8, 4) is 11.8 Å². The number of nitrogens with one attached hydrogen (secondary N) is 1. The van der Waals surface area contributed by atoms with Gasteiger partial charge in [0.1, 0.15) is 10.1 Å². The fourth-order valence-electron chi connectivity index (χ4n) is 2.10. The van der Waals surface area contributed by atoms with Crippen molar-refractivity contribution in [3.05, 3.63) is 34.7 Å². The Balaban J connectivity index is 1.73. The number of aromatic nitrogens is 1. The molecule has 1 N–H and O–H groups in total. The van der Waals surface area contributed by atoms with Crippen LogP contribution in [0.25, 0.3) is 17.0 Å². The zero-order valence-corrected chi connectivity index (χ0v) is 13.0. The predicted octanol–water partition coefficient (Wildman–Crippen LogP) is 3.08. The zero-order chi connectivity index (χ0) is 15.1. The number of hydrogen-bond acceptors (Lipinski definition) is 5. The van der Waals surface area contributed by atoms with Gasteiger partial charge in [-0.15, -0.1) is 0 Å². The van der Waals surface area contributed by atoms with Crippen molar-refractivity contribution in [1.82, 2.24) is 10.3 Å². The highest BCUT2D eigenvalue weighted by Crippen LogP contribution is 2.30. The first kappa shape index (κ1) is 13.6. The third-order valence-corrected chi connectivity index (χ3v) is 4.51. The average Bonchev–Trinajstić information content (AvgIpc) is 3.14. The summed E-state index contributed by atoms with van der Waals surface area (Å²) in [6.07, 6.45) is 7.49. The number of amides is 1. The van der Waals surface area contributed by atoms with Crippen molar-refractivity contribution in [2.24, 2.45) is 5.92 Å². The Morgan fingerprint density at radius 3 is 3.05 bits per heavy atom. The van der Waals surface area contributed by atoms with Crippen LogP contribution in [0.5, 0.6) is 0 Å². The van der Waals surface area contributed by atoms with Crippen LogP contribution < -0.4 is 5.32 Å². The zero-order valence-electron chi connectivity index (χ0n) is 11.4. The molecule has 108 valence electrons. The van der Waals surface area contributed by atoms with E-state index in [1.807, 2.05) is 6.07 Å². The SMILES string of the molecule is O=C1NC(=S)SC1=Cc1cc2cncc(C#CC3CC3)c2o1. The van der Waals surface area contributed by atoms with Gasteiger partial charge in [-0.3, -0.25) is 9.78 Å². The number of fused-ring (bicyclic) bond motifs is 1. The van der Waals surface area contributed by atoms with Crippen LogP contribution in [-0.2, 0) is 4.79 Å². The van der Waals surface area contributed by atoms with Crippen molar-refractivity contribution < 1.29 is 9.21 Å². The van der Waals surface area contributed by atoms with Crippen molar-refractivity contribution in [2.45, 2.75) is 12.8 Å². The van der Waals surface area contributed by atoms with Crippen LogP contribution in [0.2, 0.25) is 0 Å². The maximum atomic E-state index is 11.7. The first-order chi connectivity index (χ1) is 10.7. The van der Waals surface area contributed by atoms with Crippen molar-refractivity contribution in [2.75, 3.05) is 0 Å². The van der Waals surface area contributed by atoms with Gasteiger partial charge in [0.15, 0.2) is 5.58 Å². The predicted molar refractivity (Wildman–Crippen MR) is 89.9 cm³/mol. The normalized spacial score (nSPS) is 19.4. The molecule has 22 heavy (non-hydrogen) atoms. The second-order valence-corrected chi connectivity index (χ2v) is 6.87. The monoisotopic (exact) mass is 326 g/mol. The highest BCUT2D eigenvalue weighted by molar-refractivity contribution is 8.26. The van der Waals surface area contributed by atoms with Crippen LogP contribution in [-0.4, -0.2) is 15.2 Å². The molecule has 0 bridgehead atoms. The number of pyridine rings is 1. The molecule has 0 atom stereocenters. The van der Waals surface area contributed by atoms with E-state index in [-0.39, 0.29) is 5.91 Å². The van der Waals surface area contributed by atoms with Gasteiger partial charge < -0.3 is 9.73 Å². The molecule has 1 aliphatic heterocycles. The Morgan fingerprint density at radius 2 is 2.32 bits per heavy atom. The molecule has 0 radical (unpaired) electrons. The Morgan fingerprint density at radius 1 is 1.45 bits per heavy atom. The Kier molecular flexibility index (Phi) is 3.25. The maximum absolute atomic E-state index is 11.7. The van der Waals surface area contributed by atoms with Gasteiger partial charge in [-0.25, -0.2) is 0 Å². The van der Waals surface area contributed by atoms with Crippen LogP contribution in [0.4, 0.5) is 0 Å². The molecule has 1 saturated carbocycles. The molecule has 3 heterocycles. The summed E-state index contributed by atoms with van der Waals surface area (Å²) in [6, 6.07) is 1.85. The van der Waals surface area contributed by atoms with Crippen LogP contribution >= 0.6 is 24.0 Å². The van der Waals surface area contributed by atoms with Crippen LogP contribution in [0.3, 0.4) is 0 Å². The maximum Gasteiger partial charge on any atom is 0.263 e. The number of thioether (sulfide) groups is 1. The van der Waals surface area contributed by atoms with E-state index in [0.29, 0.717) is 26.5 Å². The first-order valence-electron chi connectivity index (χ1n) is 6.83. The Labute approximate surface area is 136 Å². The molecule has 2 fully saturated rings. The molecule has 2 aromatic heterocycles. The summed E-state index contributed by atoms with van der Waals surface area (Å²) in [5, 5.41) is 3.46. The fourth-order valence-corrected chi connectivity index (χ4v) is 3.12. The Bertz CT molecular complexity index is 898. The second-order valence-electron chi connectivity index (χ2n) is 5.15. The smallest absolute Gasteiger partial charge is 0.263 e. The van der Waals surface area contributed by atoms with E-state index >= 15 is 0 Å². The minimum atomic E-state index is -0.192. The van der Waals surface area contributed by atoms with Crippen LogP contribution in [0.15, 0.2) is 27.8 Å². The molecule has 1 aliphatic carbocycles. The summed E-state index contributed by atoms with van der Waals surface area (Å²) in [6.45, 7) is 0. The molecule has 0 unspecified atom stereocenters. The summed E-state index contributed by atoms with van der Waals surface area (Å²) in [4.78, 5) is 16.4. The number of hydrogen-bond donors (Lipinski definition) is 1. The number of thiocarbonyl (C=S) groups is 1.